The summed E-state index contributed by atoms with van der Waals surface area (Å²) in [6.45, 7) is -0.931. The Labute approximate surface area is 98.0 Å². The van der Waals surface area contributed by atoms with Crippen molar-refractivity contribution in [3.63, 3.8) is 0 Å². The second kappa shape index (κ2) is 5.47. The fourth-order valence-electron chi connectivity index (χ4n) is 1.04. The lowest BCUT2D eigenvalue weighted by Gasteiger charge is -2.22. The standard InChI is InChI=1S/C13H17N/c1-4-10-14(3)12(2)11-13-8-6-5-7-9-13/h1,5-9,12H,10-11H2,2-3H3/i3D3,5D,6D,7D,8D,9D. The SMILES string of the molecule is [2H]c1c([2H])c([2H])c(CC(C)N(CC#C)C([2H])([2H])[2H])c([2H])c1[2H]. The quantitative estimate of drug-likeness (QED) is 0.666. The molecule has 1 atom stereocenters. The molecule has 0 N–H and O–H groups in total. The molecule has 1 nitrogen and oxygen atoms in total. The molecule has 14 heavy (non-hydrogen) atoms. The Bertz CT molecular complexity index is 573. The van der Waals surface area contributed by atoms with Crippen LogP contribution in [0.15, 0.2) is 30.2 Å². The van der Waals surface area contributed by atoms with Gasteiger partial charge in [0.25, 0.3) is 0 Å². The van der Waals surface area contributed by atoms with Gasteiger partial charge in [-0.1, -0.05) is 36.1 Å². The van der Waals surface area contributed by atoms with Crippen molar-refractivity contribution in [2.45, 2.75) is 19.4 Å². The van der Waals surface area contributed by atoms with Gasteiger partial charge in [0, 0.05) is 10.2 Å². The first kappa shape index (κ1) is 4.08. The fraction of sp³-hybridized carbons (Fsp3) is 0.385. The molecule has 0 aliphatic heterocycles. The van der Waals surface area contributed by atoms with Crippen LogP contribution in [0.25, 0.3) is 0 Å². The molecular formula is C13H17N. The molecule has 0 bridgehead atoms. The highest BCUT2D eigenvalue weighted by Crippen LogP contribution is 2.06. The van der Waals surface area contributed by atoms with E-state index in [2.05, 4.69) is 5.92 Å². The average Bonchev–Trinajstić information content (AvgIpc) is 2.43. The van der Waals surface area contributed by atoms with Gasteiger partial charge < -0.3 is 0 Å². The predicted octanol–water partition coefficient (Wildman–Crippen LogP) is 2.18. The summed E-state index contributed by atoms with van der Waals surface area (Å²) in [4.78, 5) is 1.09. The van der Waals surface area contributed by atoms with Crippen LogP contribution in [0.4, 0.5) is 0 Å². The van der Waals surface area contributed by atoms with Gasteiger partial charge in [-0.05, 0) is 25.9 Å². The van der Waals surface area contributed by atoms with Crippen LogP contribution in [0, 0.1) is 12.3 Å². The Kier molecular flexibility index (Phi) is 1.59. The largest absolute Gasteiger partial charge is 0.292 e. The third-order valence-electron chi connectivity index (χ3n) is 1.85. The van der Waals surface area contributed by atoms with E-state index >= 15 is 0 Å². The molecule has 1 rings (SSSR count). The number of hydrogen-bond acceptors (Lipinski definition) is 1. The summed E-state index contributed by atoms with van der Waals surface area (Å²) in [5.41, 5.74) is 0.0878. The van der Waals surface area contributed by atoms with Crippen molar-refractivity contribution in [2.24, 2.45) is 0 Å². The topological polar surface area (TPSA) is 3.24 Å². The van der Waals surface area contributed by atoms with Crippen LogP contribution < -0.4 is 0 Å². The molecular weight excluding hydrogens is 170 g/mol. The zero-order chi connectivity index (χ0) is 17.2. The van der Waals surface area contributed by atoms with Gasteiger partial charge in [-0.25, -0.2) is 0 Å². The van der Waals surface area contributed by atoms with Crippen molar-refractivity contribution in [3.8, 4) is 12.3 Å². The Hall–Kier alpha value is -1.26. The highest BCUT2D eigenvalue weighted by Gasteiger charge is 2.07. The lowest BCUT2D eigenvalue weighted by molar-refractivity contribution is 0.287. The van der Waals surface area contributed by atoms with E-state index in [9.17, 15) is 0 Å². The van der Waals surface area contributed by atoms with Crippen LogP contribution in [0.2, 0.25) is 0 Å². The lowest BCUT2D eigenvalue weighted by atomic mass is 10.1. The summed E-state index contributed by atoms with van der Waals surface area (Å²) >= 11 is 0. The highest BCUT2D eigenvalue weighted by molar-refractivity contribution is 5.15. The van der Waals surface area contributed by atoms with Crippen LogP contribution >= 0.6 is 0 Å². The molecule has 0 radical (unpaired) electrons. The maximum absolute atomic E-state index is 7.86. The van der Waals surface area contributed by atoms with Crippen molar-refractivity contribution in [3.05, 3.63) is 35.8 Å². The van der Waals surface area contributed by atoms with Crippen molar-refractivity contribution in [1.82, 2.24) is 4.90 Å². The van der Waals surface area contributed by atoms with Gasteiger partial charge in [0.2, 0.25) is 0 Å². The van der Waals surface area contributed by atoms with Crippen molar-refractivity contribution >= 4 is 0 Å². The zero-order valence-corrected chi connectivity index (χ0v) is 8.02. The second-order valence-corrected chi connectivity index (χ2v) is 2.99. The molecule has 1 heteroatoms. The van der Waals surface area contributed by atoms with Crippen molar-refractivity contribution in [2.75, 3.05) is 13.5 Å². The average molecular weight is 195 g/mol. The third-order valence-corrected chi connectivity index (χ3v) is 1.85. The first-order valence-corrected chi connectivity index (χ1v) is 4.28. The van der Waals surface area contributed by atoms with Crippen molar-refractivity contribution in [1.29, 1.82) is 0 Å². The smallest absolute Gasteiger partial charge is 0.0626 e. The Balaban J connectivity index is 3.22. The summed E-state index contributed by atoms with van der Waals surface area (Å²) in [6.07, 6.45) is 5.18. The normalized spacial score (nSPS) is 21.5. The minimum Gasteiger partial charge on any atom is -0.292 e. The van der Waals surface area contributed by atoms with Crippen LogP contribution in [0.5, 0.6) is 0 Å². The minimum atomic E-state index is -2.42. The highest BCUT2D eigenvalue weighted by atomic mass is 15.1. The monoisotopic (exact) mass is 195 g/mol. The molecule has 0 aliphatic rings. The minimum absolute atomic E-state index is 0.00419. The van der Waals surface area contributed by atoms with Gasteiger partial charge in [-0.15, -0.1) is 6.42 Å². The number of rotatable bonds is 4. The molecule has 0 amide bonds. The zero-order valence-electron chi connectivity index (χ0n) is 16.0. The van der Waals surface area contributed by atoms with E-state index in [1.165, 1.54) is 0 Å². The number of benzene rings is 1. The van der Waals surface area contributed by atoms with Gasteiger partial charge in [0.05, 0.1) is 13.4 Å². The molecule has 0 aromatic heterocycles. The van der Waals surface area contributed by atoms with Gasteiger partial charge in [0.15, 0.2) is 0 Å². The number of terminal acetylenes is 1. The lowest BCUT2D eigenvalue weighted by Crippen LogP contribution is -2.31. The summed E-state index contributed by atoms with van der Waals surface area (Å²) < 4.78 is 61.0. The number of nitrogens with zero attached hydrogens (tertiary/aromatic N) is 1. The van der Waals surface area contributed by atoms with Crippen LogP contribution in [0.1, 0.15) is 23.5 Å². The molecule has 0 heterocycles. The Morgan fingerprint density at radius 1 is 1.57 bits per heavy atom. The molecule has 0 spiro atoms. The van der Waals surface area contributed by atoms with E-state index in [1.54, 1.807) is 6.92 Å². The summed E-state index contributed by atoms with van der Waals surface area (Å²) in [5, 5.41) is 0. The predicted molar refractivity (Wildman–Crippen MR) is 61.1 cm³/mol. The van der Waals surface area contributed by atoms with E-state index in [1.807, 2.05) is 0 Å². The molecule has 0 fully saturated rings. The van der Waals surface area contributed by atoms with Crippen LogP contribution in [-0.2, 0) is 6.42 Å². The van der Waals surface area contributed by atoms with Gasteiger partial charge >= 0.3 is 0 Å². The number of hydrogen-bond donors (Lipinski definition) is 0. The summed E-state index contributed by atoms with van der Waals surface area (Å²) in [6, 6.07) is -2.57. The maximum Gasteiger partial charge on any atom is 0.0626 e. The molecule has 0 aliphatic carbocycles. The summed E-state index contributed by atoms with van der Waals surface area (Å²) in [5.74, 6) is 2.27. The Morgan fingerprint density at radius 2 is 2.29 bits per heavy atom. The van der Waals surface area contributed by atoms with E-state index in [-0.39, 0.29) is 30.6 Å². The van der Waals surface area contributed by atoms with Crippen LogP contribution in [-0.4, -0.2) is 24.5 Å². The molecule has 74 valence electrons. The Morgan fingerprint density at radius 3 is 2.86 bits per heavy atom. The third kappa shape index (κ3) is 3.24. The molecule has 1 aromatic carbocycles. The van der Waals surface area contributed by atoms with E-state index in [0.717, 1.165) is 4.90 Å². The van der Waals surface area contributed by atoms with Crippen molar-refractivity contribution < 1.29 is 11.0 Å². The van der Waals surface area contributed by atoms with E-state index in [0.29, 0.717) is 0 Å². The van der Waals surface area contributed by atoms with Crippen LogP contribution in [0.3, 0.4) is 0 Å². The maximum atomic E-state index is 7.86. The second-order valence-electron chi connectivity index (χ2n) is 2.99. The molecule has 1 aromatic rings. The van der Waals surface area contributed by atoms with Gasteiger partial charge in [-0.3, -0.25) is 4.90 Å². The first-order chi connectivity index (χ1) is 10.0. The van der Waals surface area contributed by atoms with E-state index < -0.39 is 31.1 Å². The molecule has 1 unspecified atom stereocenters. The fourth-order valence-corrected chi connectivity index (χ4v) is 1.04. The van der Waals surface area contributed by atoms with Gasteiger partial charge in [0.1, 0.15) is 0 Å². The molecule has 0 saturated heterocycles. The van der Waals surface area contributed by atoms with Gasteiger partial charge in [-0.2, -0.15) is 0 Å². The number of likely N-dealkylation sites (N-methyl/N-ethyl adjacent to an activating group) is 1. The van der Waals surface area contributed by atoms with E-state index in [4.69, 9.17) is 17.4 Å². The molecule has 0 saturated carbocycles. The summed E-state index contributed by atoms with van der Waals surface area (Å²) in [7, 11) is 0. The first-order valence-electron chi connectivity index (χ1n) is 8.28.